The number of likely N-dealkylation sites (N-methyl/N-ethyl adjacent to an activating group) is 1. The van der Waals surface area contributed by atoms with Crippen LogP contribution in [0.3, 0.4) is 0 Å². The molecular weight excluding hydrogens is 130 g/mol. The molecule has 1 aliphatic rings. The molecule has 2 N–H and O–H groups in total. The summed E-state index contributed by atoms with van der Waals surface area (Å²) in [7, 11) is 1.71. The van der Waals surface area contributed by atoms with Gasteiger partial charge in [-0.15, -0.1) is 0 Å². The largest absolute Gasteiger partial charge is 0.480 e. The maximum absolute atomic E-state index is 10.5. The van der Waals surface area contributed by atoms with E-state index in [-0.39, 0.29) is 6.04 Å². The second-order valence-electron chi connectivity index (χ2n) is 2.80. The minimum atomic E-state index is -0.716. The average molecular weight is 143 g/mol. The highest BCUT2D eigenvalue weighted by molar-refractivity contribution is 5.73. The molecule has 1 saturated carbocycles. The first-order valence-corrected chi connectivity index (χ1v) is 3.65. The molecule has 0 aromatic heterocycles. The van der Waals surface area contributed by atoms with Gasteiger partial charge in [0.1, 0.15) is 6.04 Å². The third kappa shape index (κ3) is 1.29. The maximum atomic E-state index is 10.5. The number of carbonyl (C=O) groups is 1. The summed E-state index contributed by atoms with van der Waals surface area (Å²) in [6.07, 6.45) is 3.33. The molecule has 0 heterocycles. The fourth-order valence-electron chi connectivity index (χ4n) is 1.33. The van der Waals surface area contributed by atoms with Crippen LogP contribution < -0.4 is 5.32 Å². The molecule has 1 aliphatic carbocycles. The normalized spacial score (nSPS) is 21.7. The van der Waals surface area contributed by atoms with Gasteiger partial charge in [0.2, 0.25) is 0 Å². The lowest BCUT2D eigenvalue weighted by atomic mass is 9.80. The summed E-state index contributed by atoms with van der Waals surface area (Å²) in [6.45, 7) is 0. The quantitative estimate of drug-likeness (QED) is 0.603. The third-order valence-corrected chi connectivity index (χ3v) is 2.20. The van der Waals surface area contributed by atoms with E-state index in [1.165, 1.54) is 6.42 Å². The number of hydrogen-bond acceptors (Lipinski definition) is 2. The molecule has 0 bridgehead atoms. The Kier molecular flexibility index (Phi) is 2.27. The van der Waals surface area contributed by atoms with Crippen LogP contribution in [0, 0.1) is 5.92 Å². The predicted octanol–water partition coefficient (Wildman–Crippen LogP) is 0.459. The highest BCUT2D eigenvalue weighted by Crippen LogP contribution is 2.29. The molecule has 3 heteroatoms. The first-order chi connectivity index (χ1) is 4.75. The molecule has 0 spiro atoms. The third-order valence-electron chi connectivity index (χ3n) is 2.20. The molecule has 10 heavy (non-hydrogen) atoms. The van der Waals surface area contributed by atoms with Crippen LogP contribution in [0.1, 0.15) is 19.3 Å². The summed E-state index contributed by atoms with van der Waals surface area (Å²) >= 11 is 0. The number of carboxylic acids is 1. The molecular formula is C7H13NO2. The second-order valence-corrected chi connectivity index (χ2v) is 2.80. The van der Waals surface area contributed by atoms with Crippen molar-refractivity contribution in [2.75, 3.05) is 7.05 Å². The van der Waals surface area contributed by atoms with Crippen LogP contribution in [0.25, 0.3) is 0 Å². The van der Waals surface area contributed by atoms with Crippen LogP contribution >= 0.6 is 0 Å². The summed E-state index contributed by atoms with van der Waals surface area (Å²) in [4.78, 5) is 10.5. The Bertz CT molecular complexity index is 132. The Balaban J connectivity index is 2.39. The lowest BCUT2D eigenvalue weighted by molar-refractivity contribution is -0.141. The first kappa shape index (κ1) is 7.54. The van der Waals surface area contributed by atoms with E-state index in [1.54, 1.807) is 7.05 Å². The van der Waals surface area contributed by atoms with Crippen molar-refractivity contribution in [2.45, 2.75) is 25.3 Å². The van der Waals surface area contributed by atoms with E-state index in [1.807, 2.05) is 0 Å². The van der Waals surface area contributed by atoms with Crippen molar-refractivity contribution in [3.63, 3.8) is 0 Å². The Morgan fingerprint density at radius 1 is 1.70 bits per heavy atom. The summed E-state index contributed by atoms with van der Waals surface area (Å²) in [5.74, 6) is -0.338. The summed E-state index contributed by atoms with van der Waals surface area (Å²) in [5, 5.41) is 11.5. The molecule has 3 nitrogen and oxygen atoms in total. The maximum Gasteiger partial charge on any atom is 0.320 e. The second kappa shape index (κ2) is 3.01. The highest BCUT2D eigenvalue weighted by Gasteiger charge is 2.30. The molecule has 1 rings (SSSR count). The van der Waals surface area contributed by atoms with Gasteiger partial charge in [-0.25, -0.2) is 0 Å². The van der Waals surface area contributed by atoms with E-state index < -0.39 is 5.97 Å². The number of hydrogen-bond donors (Lipinski definition) is 2. The first-order valence-electron chi connectivity index (χ1n) is 3.65. The molecule has 0 radical (unpaired) electrons. The van der Waals surface area contributed by atoms with Crippen LogP contribution in [-0.2, 0) is 4.79 Å². The number of nitrogens with one attached hydrogen (secondary N) is 1. The van der Waals surface area contributed by atoms with Crippen molar-refractivity contribution in [2.24, 2.45) is 5.92 Å². The Morgan fingerprint density at radius 3 is 2.40 bits per heavy atom. The number of aliphatic carboxylic acids is 1. The number of carboxylic acid groups (broad SMARTS) is 1. The summed E-state index contributed by atoms with van der Waals surface area (Å²) < 4.78 is 0. The molecule has 0 aromatic carbocycles. The van der Waals surface area contributed by atoms with Gasteiger partial charge in [0.05, 0.1) is 0 Å². The van der Waals surface area contributed by atoms with Crippen LogP contribution in [0.4, 0.5) is 0 Å². The zero-order valence-electron chi connectivity index (χ0n) is 6.13. The summed E-state index contributed by atoms with van der Waals surface area (Å²) in [5.41, 5.74) is 0. The fourth-order valence-corrected chi connectivity index (χ4v) is 1.33. The SMILES string of the molecule is CN[C@H](C(=O)O)C1CCC1. The predicted molar refractivity (Wildman–Crippen MR) is 37.8 cm³/mol. The van der Waals surface area contributed by atoms with Crippen LogP contribution in [0.5, 0.6) is 0 Å². The lowest BCUT2D eigenvalue weighted by Crippen LogP contribution is -2.43. The van der Waals surface area contributed by atoms with E-state index in [9.17, 15) is 4.79 Å². The number of rotatable bonds is 3. The minimum absolute atomic E-state index is 0.311. The Labute approximate surface area is 60.4 Å². The van der Waals surface area contributed by atoms with Gasteiger partial charge in [0, 0.05) is 0 Å². The van der Waals surface area contributed by atoms with Crippen molar-refractivity contribution >= 4 is 5.97 Å². The van der Waals surface area contributed by atoms with Crippen LogP contribution in [0.2, 0.25) is 0 Å². The van der Waals surface area contributed by atoms with Crippen molar-refractivity contribution < 1.29 is 9.90 Å². The fraction of sp³-hybridized carbons (Fsp3) is 0.857. The Hall–Kier alpha value is -0.570. The van der Waals surface area contributed by atoms with Gasteiger partial charge in [-0.2, -0.15) is 0 Å². The molecule has 1 atom stereocenters. The molecule has 0 aliphatic heterocycles. The zero-order valence-corrected chi connectivity index (χ0v) is 6.13. The van der Waals surface area contributed by atoms with E-state index in [2.05, 4.69) is 5.32 Å². The van der Waals surface area contributed by atoms with E-state index in [4.69, 9.17) is 5.11 Å². The molecule has 0 unspecified atom stereocenters. The van der Waals surface area contributed by atoms with Gasteiger partial charge in [-0.1, -0.05) is 6.42 Å². The highest BCUT2D eigenvalue weighted by atomic mass is 16.4. The van der Waals surface area contributed by atoms with Crippen molar-refractivity contribution in [3.05, 3.63) is 0 Å². The van der Waals surface area contributed by atoms with Crippen molar-refractivity contribution in [1.82, 2.24) is 5.32 Å². The smallest absolute Gasteiger partial charge is 0.320 e. The van der Waals surface area contributed by atoms with Gasteiger partial charge in [-0.05, 0) is 25.8 Å². The topological polar surface area (TPSA) is 49.3 Å². The molecule has 0 aromatic rings. The zero-order chi connectivity index (χ0) is 7.56. The summed E-state index contributed by atoms with van der Waals surface area (Å²) in [6, 6.07) is -0.311. The van der Waals surface area contributed by atoms with Gasteiger partial charge >= 0.3 is 5.97 Å². The van der Waals surface area contributed by atoms with E-state index >= 15 is 0 Å². The molecule has 58 valence electrons. The van der Waals surface area contributed by atoms with Crippen molar-refractivity contribution in [3.8, 4) is 0 Å². The van der Waals surface area contributed by atoms with Gasteiger partial charge < -0.3 is 10.4 Å². The van der Waals surface area contributed by atoms with E-state index in [0.29, 0.717) is 5.92 Å². The molecule has 0 amide bonds. The average Bonchev–Trinajstić information content (AvgIpc) is 1.76. The standard InChI is InChI=1S/C7H13NO2/c1-8-6(7(9)10)5-3-2-4-5/h5-6,8H,2-4H2,1H3,(H,9,10)/t6-/m0/s1. The van der Waals surface area contributed by atoms with Crippen molar-refractivity contribution in [1.29, 1.82) is 0 Å². The van der Waals surface area contributed by atoms with Gasteiger partial charge in [0.25, 0.3) is 0 Å². The molecule has 1 fully saturated rings. The van der Waals surface area contributed by atoms with Crippen LogP contribution in [-0.4, -0.2) is 24.2 Å². The minimum Gasteiger partial charge on any atom is -0.480 e. The molecule has 0 saturated heterocycles. The van der Waals surface area contributed by atoms with Crippen LogP contribution in [0.15, 0.2) is 0 Å². The Morgan fingerprint density at radius 2 is 2.30 bits per heavy atom. The van der Waals surface area contributed by atoms with E-state index in [0.717, 1.165) is 12.8 Å². The van der Waals surface area contributed by atoms with Gasteiger partial charge in [0.15, 0.2) is 0 Å². The monoisotopic (exact) mass is 143 g/mol. The van der Waals surface area contributed by atoms with Gasteiger partial charge in [-0.3, -0.25) is 4.79 Å². The lowest BCUT2D eigenvalue weighted by Gasteiger charge is -2.30.